The summed E-state index contributed by atoms with van der Waals surface area (Å²) >= 11 is 0. The van der Waals surface area contributed by atoms with E-state index in [0.29, 0.717) is 18.3 Å². The van der Waals surface area contributed by atoms with Crippen LogP contribution >= 0.6 is 0 Å². The fraction of sp³-hybridized carbons (Fsp3) is 0.385. The molecule has 0 aliphatic heterocycles. The van der Waals surface area contributed by atoms with Crippen LogP contribution in [0.25, 0.3) is 11.4 Å². The van der Waals surface area contributed by atoms with E-state index in [1.165, 1.54) is 0 Å². The van der Waals surface area contributed by atoms with Crippen LogP contribution in [0.5, 0.6) is 5.75 Å². The van der Waals surface area contributed by atoms with Gasteiger partial charge < -0.3 is 15.0 Å². The van der Waals surface area contributed by atoms with Crippen LogP contribution in [0.4, 0.5) is 0 Å². The first-order valence-corrected chi connectivity index (χ1v) is 5.93. The fourth-order valence-corrected chi connectivity index (χ4v) is 1.75. The molecule has 0 bridgehead atoms. The summed E-state index contributed by atoms with van der Waals surface area (Å²) < 4.78 is 10.5. The molecule has 2 aromatic rings. The Bertz CT molecular complexity index is 510. The molecule has 1 aromatic heterocycles. The number of benzene rings is 1. The molecular weight excluding hydrogens is 230 g/mol. The number of hydrogen-bond acceptors (Lipinski definition) is 5. The zero-order valence-corrected chi connectivity index (χ0v) is 10.6. The third-order valence-electron chi connectivity index (χ3n) is 2.81. The molecule has 0 fully saturated rings. The van der Waals surface area contributed by atoms with Gasteiger partial charge in [0.2, 0.25) is 11.7 Å². The lowest BCUT2D eigenvalue weighted by atomic mass is 10.1. The molecule has 0 spiro atoms. The molecule has 1 unspecified atom stereocenters. The second kappa shape index (κ2) is 5.64. The summed E-state index contributed by atoms with van der Waals surface area (Å²) in [6, 6.07) is 7.59. The maximum Gasteiger partial charge on any atom is 0.229 e. The predicted octanol–water partition coefficient (Wildman–Crippen LogP) is 2.20. The quantitative estimate of drug-likeness (QED) is 0.876. The minimum Gasteiger partial charge on any atom is -0.496 e. The molecule has 0 saturated heterocycles. The summed E-state index contributed by atoms with van der Waals surface area (Å²) in [5, 5.41) is 3.99. The van der Waals surface area contributed by atoms with E-state index in [-0.39, 0.29) is 5.92 Å². The van der Waals surface area contributed by atoms with Gasteiger partial charge in [-0.3, -0.25) is 0 Å². The van der Waals surface area contributed by atoms with Gasteiger partial charge in [-0.25, -0.2) is 0 Å². The van der Waals surface area contributed by atoms with Crippen molar-refractivity contribution in [3.8, 4) is 17.1 Å². The van der Waals surface area contributed by atoms with E-state index in [2.05, 4.69) is 10.1 Å². The van der Waals surface area contributed by atoms with Gasteiger partial charge in [-0.2, -0.15) is 4.98 Å². The molecule has 1 atom stereocenters. The van der Waals surface area contributed by atoms with Crippen molar-refractivity contribution in [1.29, 1.82) is 0 Å². The van der Waals surface area contributed by atoms with Crippen molar-refractivity contribution in [2.45, 2.75) is 19.3 Å². The van der Waals surface area contributed by atoms with Gasteiger partial charge in [0.25, 0.3) is 0 Å². The van der Waals surface area contributed by atoms with E-state index in [1.807, 2.05) is 31.2 Å². The lowest BCUT2D eigenvalue weighted by molar-refractivity contribution is 0.355. The summed E-state index contributed by atoms with van der Waals surface area (Å²) in [6.45, 7) is 2.62. The molecule has 0 saturated carbocycles. The highest BCUT2D eigenvalue weighted by molar-refractivity contribution is 5.63. The highest BCUT2D eigenvalue weighted by Gasteiger charge is 2.16. The average Bonchev–Trinajstić information content (AvgIpc) is 2.88. The topological polar surface area (TPSA) is 74.2 Å². The molecule has 96 valence electrons. The van der Waals surface area contributed by atoms with E-state index < -0.39 is 0 Å². The van der Waals surface area contributed by atoms with Crippen LogP contribution in [-0.2, 0) is 0 Å². The Labute approximate surface area is 106 Å². The first kappa shape index (κ1) is 12.6. The molecule has 2 N–H and O–H groups in total. The Morgan fingerprint density at radius 3 is 2.89 bits per heavy atom. The Hall–Kier alpha value is -1.88. The number of methoxy groups -OCH3 is 1. The van der Waals surface area contributed by atoms with Crippen LogP contribution < -0.4 is 10.5 Å². The van der Waals surface area contributed by atoms with E-state index in [0.717, 1.165) is 17.7 Å². The molecule has 18 heavy (non-hydrogen) atoms. The van der Waals surface area contributed by atoms with Crippen molar-refractivity contribution in [2.75, 3.05) is 13.7 Å². The Morgan fingerprint density at radius 2 is 2.17 bits per heavy atom. The van der Waals surface area contributed by atoms with Gasteiger partial charge in [0.15, 0.2) is 0 Å². The summed E-state index contributed by atoms with van der Waals surface area (Å²) in [4.78, 5) is 4.39. The second-order valence-electron chi connectivity index (χ2n) is 4.13. The van der Waals surface area contributed by atoms with E-state index in [1.54, 1.807) is 7.11 Å². The summed E-state index contributed by atoms with van der Waals surface area (Å²) in [5.74, 6) is 2.06. The molecule has 5 heteroatoms. The van der Waals surface area contributed by atoms with Crippen molar-refractivity contribution in [1.82, 2.24) is 10.1 Å². The third kappa shape index (κ3) is 2.51. The Balaban J connectivity index is 2.29. The number of para-hydroxylation sites is 1. The Kier molecular flexibility index (Phi) is 3.94. The molecule has 1 aromatic carbocycles. The Morgan fingerprint density at radius 1 is 1.39 bits per heavy atom. The number of nitrogens with two attached hydrogens (primary N) is 1. The van der Waals surface area contributed by atoms with Crippen LogP contribution in [-0.4, -0.2) is 23.8 Å². The zero-order valence-electron chi connectivity index (χ0n) is 10.6. The lowest BCUT2D eigenvalue weighted by Gasteiger charge is -2.03. The molecule has 0 aliphatic carbocycles. The van der Waals surface area contributed by atoms with Gasteiger partial charge in [0.05, 0.1) is 12.7 Å². The molecule has 0 aliphatic rings. The van der Waals surface area contributed by atoms with Crippen LogP contribution in [0.3, 0.4) is 0 Å². The van der Waals surface area contributed by atoms with Crippen molar-refractivity contribution < 1.29 is 9.26 Å². The SMILES string of the molecule is COc1ccccc1-c1noc(C(C)CCN)n1. The van der Waals surface area contributed by atoms with E-state index >= 15 is 0 Å². The van der Waals surface area contributed by atoms with Crippen LogP contribution in [0.2, 0.25) is 0 Å². The molecule has 1 heterocycles. The predicted molar refractivity (Wildman–Crippen MR) is 68.4 cm³/mol. The van der Waals surface area contributed by atoms with Gasteiger partial charge in [-0.1, -0.05) is 24.2 Å². The monoisotopic (exact) mass is 247 g/mol. The van der Waals surface area contributed by atoms with Crippen molar-refractivity contribution in [2.24, 2.45) is 5.73 Å². The number of nitrogens with zero attached hydrogens (tertiary/aromatic N) is 2. The van der Waals surface area contributed by atoms with Gasteiger partial charge in [-0.05, 0) is 25.1 Å². The lowest BCUT2D eigenvalue weighted by Crippen LogP contribution is -2.04. The highest BCUT2D eigenvalue weighted by atomic mass is 16.5. The smallest absolute Gasteiger partial charge is 0.229 e. The average molecular weight is 247 g/mol. The van der Waals surface area contributed by atoms with Crippen LogP contribution in [0.15, 0.2) is 28.8 Å². The van der Waals surface area contributed by atoms with Gasteiger partial charge >= 0.3 is 0 Å². The van der Waals surface area contributed by atoms with Gasteiger partial charge in [0.1, 0.15) is 5.75 Å². The number of rotatable bonds is 5. The second-order valence-corrected chi connectivity index (χ2v) is 4.13. The summed E-state index contributed by atoms with van der Waals surface area (Å²) in [5.41, 5.74) is 6.35. The van der Waals surface area contributed by atoms with Crippen LogP contribution in [0, 0.1) is 0 Å². The van der Waals surface area contributed by atoms with E-state index in [4.69, 9.17) is 15.0 Å². The molecule has 2 rings (SSSR count). The number of ether oxygens (including phenoxy) is 1. The fourth-order valence-electron chi connectivity index (χ4n) is 1.75. The largest absolute Gasteiger partial charge is 0.496 e. The molecule has 0 radical (unpaired) electrons. The first-order chi connectivity index (χ1) is 8.76. The molecule has 0 amide bonds. The minimum atomic E-state index is 0.172. The summed E-state index contributed by atoms with van der Waals surface area (Å²) in [6.07, 6.45) is 0.827. The number of aromatic nitrogens is 2. The maximum atomic E-state index is 5.52. The first-order valence-electron chi connectivity index (χ1n) is 5.93. The van der Waals surface area contributed by atoms with Crippen molar-refractivity contribution in [3.63, 3.8) is 0 Å². The van der Waals surface area contributed by atoms with Gasteiger partial charge in [-0.15, -0.1) is 0 Å². The maximum absolute atomic E-state index is 5.52. The van der Waals surface area contributed by atoms with E-state index in [9.17, 15) is 0 Å². The molecular formula is C13H17N3O2. The van der Waals surface area contributed by atoms with Gasteiger partial charge in [0, 0.05) is 5.92 Å². The third-order valence-corrected chi connectivity index (χ3v) is 2.81. The van der Waals surface area contributed by atoms with Crippen molar-refractivity contribution >= 4 is 0 Å². The van der Waals surface area contributed by atoms with Crippen molar-refractivity contribution in [3.05, 3.63) is 30.2 Å². The standard InChI is InChI=1S/C13H17N3O2/c1-9(7-8-14)13-15-12(16-18-13)10-5-3-4-6-11(10)17-2/h3-6,9H,7-8,14H2,1-2H3. The number of hydrogen-bond donors (Lipinski definition) is 1. The minimum absolute atomic E-state index is 0.172. The molecule has 5 nitrogen and oxygen atoms in total. The highest BCUT2D eigenvalue weighted by Crippen LogP contribution is 2.28. The normalized spacial score (nSPS) is 12.4. The van der Waals surface area contributed by atoms with Crippen LogP contribution in [0.1, 0.15) is 25.2 Å². The summed E-state index contributed by atoms with van der Waals surface area (Å²) in [7, 11) is 1.62. The zero-order chi connectivity index (χ0) is 13.0.